The van der Waals surface area contributed by atoms with Crippen molar-refractivity contribution < 1.29 is 4.79 Å². The molecule has 1 saturated carbocycles. The van der Waals surface area contributed by atoms with E-state index in [1.165, 1.54) is 25.7 Å². The van der Waals surface area contributed by atoms with Crippen LogP contribution in [0.1, 0.15) is 60.3 Å². The van der Waals surface area contributed by atoms with Crippen LogP contribution in [0.15, 0.2) is 24.4 Å². The zero-order chi connectivity index (χ0) is 17.2. The van der Waals surface area contributed by atoms with Crippen LogP contribution in [0.25, 0.3) is 0 Å². The van der Waals surface area contributed by atoms with E-state index in [9.17, 15) is 4.79 Å². The molecule has 1 saturated heterocycles. The van der Waals surface area contributed by atoms with E-state index >= 15 is 0 Å². The molecule has 6 nitrogen and oxygen atoms in total. The molecule has 2 aromatic rings. The Hall–Kier alpha value is -2.37. The average Bonchev–Trinajstić information content (AvgIpc) is 3.38. The molecule has 2 fully saturated rings. The molecule has 0 spiro atoms. The van der Waals surface area contributed by atoms with Gasteiger partial charge in [-0.3, -0.25) is 9.89 Å². The number of nitrogens with one attached hydrogen (secondary N) is 2. The van der Waals surface area contributed by atoms with E-state index in [1.807, 2.05) is 18.3 Å². The van der Waals surface area contributed by atoms with Gasteiger partial charge in [-0.25, -0.2) is 4.98 Å². The molecule has 3 heterocycles. The van der Waals surface area contributed by atoms with E-state index in [4.69, 9.17) is 0 Å². The predicted molar refractivity (Wildman–Crippen MR) is 96.6 cm³/mol. The Bertz CT molecular complexity index is 727. The van der Waals surface area contributed by atoms with E-state index in [0.717, 1.165) is 36.1 Å². The van der Waals surface area contributed by atoms with Gasteiger partial charge in [0.1, 0.15) is 11.5 Å². The maximum absolute atomic E-state index is 12.2. The first-order valence-electron chi connectivity index (χ1n) is 9.22. The van der Waals surface area contributed by atoms with Crippen LogP contribution in [-0.4, -0.2) is 34.2 Å². The Morgan fingerprint density at radius 1 is 1.28 bits per heavy atom. The molecule has 2 N–H and O–H groups in total. The monoisotopic (exact) mass is 339 g/mol. The Kier molecular flexibility index (Phi) is 4.42. The van der Waals surface area contributed by atoms with Crippen molar-refractivity contribution in [2.75, 3.05) is 18.0 Å². The van der Waals surface area contributed by atoms with Gasteiger partial charge in [-0.1, -0.05) is 13.0 Å². The second kappa shape index (κ2) is 6.86. The van der Waals surface area contributed by atoms with Gasteiger partial charge in [-0.15, -0.1) is 0 Å². The number of H-pyrrole nitrogens is 1. The van der Waals surface area contributed by atoms with Crippen LogP contribution in [0.3, 0.4) is 0 Å². The Morgan fingerprint density at radius 3 is 2.76 bits per heavy atom. The van der Waals surface area contributed by atoms with Gasteiger partial charge in [0.05, 0.1) is 0 Å². The summed E-state index contributed by atoms with van der Waals surface area (Å²) in [5.41, 5.74) is 2.54. The lowest BCUT2D eigenvalue weighted by molar-refractivity contribution is 0.0946. The number of rotatable bonds is 5. The molecule has 1 aliphatic carbocycles. The van der Waals surface area contributed by atoms with Crippen molar-refractivity contribution in [1.82, 2.24) is 20.5 Å². The SMILES string of the molecule is CC1CCN(c2ccc(CNC(=O)c3cc(C4CC4)[nH]n3)cn2)CC1. The van der Waals surface area contributed by atoms with Crippen LogP contribution in [0.5, 0.6) is 0 Å². The number of nitrogens with zero attached hydrogens (tertiary/aromatic N) is 3. The van der Waals surface area contributed by atoms with Crippen LogP contribution in [0, 0.1) is 5.92 Å². The highest BCUT2D eigenvalue weighted by atomic mass is 16.1. The molecule has 0 bridgehead atoms. The zero-order valence-corrected chi connectivity index (χ0v) is 14.7. The molecule has 25 heavy (non-hydrogen) atoms. The molecule has 0 unspecified atom stereocenters. The molecular formula is C19H25N5O. The maximum Gasteiger partial charge on any atom is 0.272 e. The average molecular weight is 339 g/mol. The number of piperidine rings is 1. The third-order valence-electron chi connectivity index (χ3n) is 5.22. The Balaban J connectivity index is 1.30. The van der Waals surface area contributed by atoms with Gasteiger partial charge in [0.15, 0.2) is 0 Å². The van der Waals surface area contributed by atoms with Crippen LogP contribution >= 0.6 is 0 Å². The molecule has 1 aliphatic heterocycles. The molecular weight excluding hydrogens is 314 g/mol. The molecule has 2 aromatic heterocycles. The minimum Gasteiger partial charge on any atom is -0.357 e. The number of pyridine rings is 1. The summed E-state index contributed by atoms with van der Waals surface area (Å²) in [5, 5.41) is 9.99. The summed E-state index contributed by atoms with van der Waals surface area (Å²) in [4.78, 5) is 19.1. The van der Waals surface area contributed by atoms with Crippen molar-refractivity contribution in [3.8, 4) is 0 Å². The van der Waals surface area contributed by atoms with E-state index in [-0.39, 0.29) is 5.91 Å². The number of carbonyl (C=O) groups is 1. The van der Waals surface area contributed by atoms with Crippen LogP contribution in [-0.2, 0) is 6.54 Å². The van der Waals surface area contributed by atoms with Crippen molar-refractivity contribution in [2.45, 2.75) is 45.1 Å². The largest absolute Gasteiger partial charge is 0.357 e. The number of hydrogen-bond donors (Lipinski definition) is 2. The van der Waals surface area contributed by atoms with E-state index < -0.39 is 0 Å². The highest BCUT2D eigenvalue weighted by Gasteiger charge is 2.26. The summed E-state index contributed by atoms with van der Waals surface area (Å²) in [7, 11) is 0. The van der Waals surface area contributed by atoms with Crippen molar-refractivity contribution >= 4 is 11.7 Å². The fraction of sp³-hybridized carbons (Fsp3) is 0.526. The summed E-state index contributed by atoms with van der Waals surface area (Å²) < 4.78 is 0. The zero-order valence-electron chi connectivity index (χ0n) is 14.7. The molecule has 1 amide bonds. The van der Waals surface area contributed by atoms with E-state index in [0.29, 0.717) is 18.2 Å². The van der Waals surface area contributed by atoms with Crippen LogP contribution < -0.4 is 10.2 Å². The topological polar surface area (TPSA) is 73.9 Å². The molecule has 2 aliphatic rings. The van der Waals surface area contributed by atoms with Crippen molar-refractivity contribution in [2.24, 2.45) is 5.92 Å². The van der Waals surface area contributed by atoms with E-state index in [2.05, 4.69) is 38.4 Å². The third-order valence-corrected chi connectivity index (χ3v) is 5.22. The smallest absolute Gasteiger partial charge is 0.272 e. The lowest BCUT2D eigenvalue weighted by Crippen LogP contribution is -2.33. The summed E-state index contributed by atoms with van der Waals surface area (Å²) in [6, 6.07) is 5.96. The third kappa shape index (κ3) is 3.83. The Labute approximate surface area is 148 Å². The summed E-state index contributed by atoms with van der Waals surface area (Å²) >= 11 is 0. The highest BCUT2D eigenvalue weighted by Crippen LogP contribution is 2.38. The first-order valence-corrected chi connectivity index (χ1v) is 9.22. The maximum atomic E-state index is 12.2. The number of amides is 1. The fourth-order valence-electron chi connectivity index (χ4n) is 3.28. The lowest BCUT2D eigenvalue weighted by Gasteiger charge is -2.31. The second-order valence-electron chi connectivity index (χ2n) is 7.36. The molecule has 0 aromatic carbocycles. The summed E-state index contributed by atoms with van der Waals surface area (Å²) in [6.07, 6.45) is 6.69. The minimum atomic E-state index is -0.141. The van der Waals surface area contributed by atoms with Gasteiger partial charge in [0.25, 0.3) is 5.91 Å². The molecule has 6 heteroatoms. The minimum absolute atomic E-state index is 0.141. The first kappa shape index (κ1) is 16.1. The van der Waals surface area contributed by atoms with Crippen LogP contribution in [0.2, 0.25) is 0 Å². The first-order chi connectivity index (χ1) is 12.2. The number of aromatic nitrogens is 3. The molecule has 132 valence electrons. The standard InChI is InChI=1S/C19H25N5O/c1-13-6-8-24(9-7-13)18-5-2-14(11-20-18)12-21-19(25)17-10-16(22-23-17)15-3-4-15/h2,5,10-11,13,15H,3-4,6-9,12H2,1H3,(H,21,25)(H,22,23). The van der Waals surface area contributed by atoms with Crippen molar-refractivity contribution in [1.29, 1.82) is 0 Å². The van der Waals surface area contributed by atoms with Gasteiger partial charge in [0.2, 0.25) is 0 Å². The van der Waals surface area contributed by atoms with Gasteiger partial charge in [0, 0.05) is 37.4 Å². The lowest BCUT2D eigenvalue weighted by atomic mass is 9.99. The number of aromatic amines is 1. The fourth-order valence-corrected chi connectivity index (χ4v) is 3.28. The quantitative estimate of drug-likeness (QED) is 0.878. The summed E-state index contributed by atoms with van der Waals surface area (Å²) in [6.45, 7) is 4.93. The number of hydrogen-bond acceptors (Lipinski definition) is 4. The van der Waals surface area contributed by atoms with Crippen molar-refractivity contribution in [3.05, 3.63) is 41.3 Å². The second-order valence-corrected chi connectivity index (χ2v) is 7.36. The molecule has 4 rings (SSSR count). The highest BCUT2D eigenvalue weighted by molar-refractivity contribution is 5.92. The van der Waals surface area contributed by atoms with Gasteiger partial charge in [-0.05, 0) is 49.3 Å². The van der Waals surface area contributed by atoms with E-state index in [1.54, 1.807) is 0 Å². The summed E-state index contributed by atoms with van der Waals surface area (Å²) in [5.74, 6) is 2.28. The number of anilines is 1. The molecule has 0 radical (unpaired) electrons. The van der Waals surface area contributed by atoms with Gasteiger partial charge < -0.3 is 10.2 Å². The number of carbonyl (C=O) groups excluding carboxylic acids is 1. The van der Waals surface area contributed by atoms with Gasteiger partial charge >= 0.3 is 0 Å². The van der Waals surface area contributed by atoms with Crippen molar-refractivity contribution in [3.63, 3.8) is 0 Å². The molecule has 0 atom stereocenters. The Morgan fingerprint density at radius 2 is 2.08 bits per heavy atom. The van der Waals surface area contributed by atoms with Gasteiger partial charge in [-0.2, -0.15) is 5.10 Å². The predicted octanol–water partition coefficient (Wildman–Crippen LogP) is 2.85. The normalized spacial score (nSPS) is 18.4. The van der Waals surface area contributed by atoms with Crippen LogP contribution in [0.4, 0.5) is 5.82 Å².